The van der Waals surface area contributed by atoms with Gasteiger partial charge in [-0.15, -0.1) is 0 Å². The van der Waals surface area contributed by atoms with Gasteiger partial charge >= 0.3 is 0 Å². The van der Waals surface area contributed by atoms with Crippen LogP contribution in [-0.4, -0.2) is 10.9 Å². The molecule has 0 atom stereocenters. The fraction of sp³-hybridized carbons (Fsp3) is 0.125. The number of hydrogen-bond donors (Lipinski definition) is 2. The number of halogens is 1. The molecule has 1 aromatic carbocycles. The third-order valence-electron chi connectivity index (χ3n) is 3.34. The summed E-state index contributed by atoms with van der Waals surface area (Å²) in [5.41, 5.74) is 2.30. The highest BCUT2D eigenvalue weighted by atomic mass is 79.9. The normalized spacial score (nSPS) is 10.8. The van der Waals surface area contributed by atoms with Crippen molar-refractivity contribution < 1.29 is 9.21 Å². The van der Waals surface area contributed by atoms with E-state index >= 15 is 0 Å². The third-order valence-corrected chi connectivity index (χ3v) is 3.77. The molecule has 0 aliphatic rings. The Kier molecular flexibility index (Phi) is 3.85. The number of hydrogen-bond acceptors (Lipinski definition) is 3. The summed E-state index contributed by atoms with van der Waals surface area (Å²) in [6.07, 6.45) is 0. The summed E-state index contributed by atoms with van der Waals surface area (Å²) in [6.45, 7) is 2.15. The van der Waals surface area contributed by atoms with Crippen molar-refractivity contribution in [3.63, 3.8) is 0 Å². The zero-order valence-electron chi connectivity index (χ0n) is 11.8. The number of aromatic nitrogens is 1. The second-order valence-electron chi connectivity index (χ2n) is 4.99. The molecule has 1 amide bonds. The molecule has 0 bridgehead atoms. The number of benzene rings is 1. The number of amides is 1. The van der Waals surface area contributed by atoms with Gasteiger partial charge < -0.3 is 14.7 Å². The largest absolute Gasteiger partial charge is 0.444 e. The molecule has 2 N–H and O–H groups in total. The summed E-state index contributed by atoms with van der Waals surface area (Å²) in [7, 11) is 0. The van der Waals surface area contributed by atoms with Gasteiger partial charge in [-0.1, -0.05) is 6.07 Å². The van der Waals surface area contributed by atoms with E-state index in [4.69, 9.17) is 4.42 Å². The van der Waals surface area contributed by atoms with E-state index in [1.54, 1.807) is 19.1 Å². The highest BCUT2D eigenvalue weighted by molar-refractivity contribution is 9.10. The monoisotopic (exact) mass is 360 g/mol. The Morgan fingerprint density at radius 1 is 1.27 bits per heavy atom. The predicted molar refractivity (Wildman–Crippen MR) is 86.9 cm³/mol. The second kappa shape index (κ2) is 5.81. The van der Waals surface area contributed by atoms with Crippen LogP contribution in [-0.2, 0) is 6.54 Å². The number of carbonyl (C=O) groups is 1. The quantitative estimate of drug-likeness (QED) is 0.753. The molecule has 112 valence electrons. The van der Waals surface area contributed by atoms with Crippen LogP contribution in [0.1, 0.15) is 21.7 Å². The Bertz CT molecular complexity index is 911. The Balaban J connectivity index is 1.78. The standard InChI is InChI=1S/C16H13BrN2O3/c1-9-6-11-7-10(2-3-12(11)19-15(9)20)8-18-16(21)13-4-5-14(17)22-13/h2-7H,8H2,1H3,(H,18,21)(H,19,20). The van der Waals surface area contributed by atoms with Crippen molar-refractivity contribution in [3.8, 4) is 0 Å². The van der Waals surface area contributed by atoms with Gasteiger partial charge in [-0.2, -0.15) is 0 Å². The summed E-state index contributed by atoms with van der Waals surface area (Å²) in [5.74, 6) is -0.0173. The van der Waals surface area contributed by atoms with Crippen molar-refractivity contribution in [1.29, 1.82) is 0 Å². The van der Waals surface area contributed by atoms with Gasteiger partial charge in [0, 0.05) is 17.6 Å². The van der Waals surface area contributed by atoms with Gasteiger partial charge in [-0.3, -0.25) is 9.59 Å². The molecule has 0 radical (unpaired) electrons. The lowest BCUT2D eigenvalue weighted by Crippen LogP contribution is -2.22. The molecular weight excluding hydrogens is 348 g/mol. The van der Waals surface area contributed by atoms with Gasteiger partial charge in [0.05, 0.1) is 0 Å². The van der Waals surface area contributed by atoms with E-state index in [-0.39, 0.29) is 17.2 Å². The number of aryl methyl sites for hydroxylation is 1. The highest BCUT2D eigenvalue weighted by Crippen LogP contribution is 2.15. The van der Waals surface area contributed by atoms with Crippen LogP contribution in [0.25, 0.3) is 10.9 Å². The van der Waals surface area contributed by atoms with Gasteiger partial charge in [0.1, 0.15) is 0 Å². The Labute approximate surface area is 134 Å². The first-order valence-corrected chi connectivity index (χ1v) is 7.48. The zero-order valence-corrected chi connectivity index (χ0v) is 13.4. The molecule has 0 saturated heterocycles. The van der Waals surface area contributed by atoms with E-state index in [2.05, 4.69) is 26.2 Å². The van der Waals surface area contributed by atoms with Gasteiger partial charge in [0.25, 0.3) is 11.5 Å². The van der Waals surface area contributed by atoms with Crippen LogP contribution < -0.4 is 10.9 Å². The first kappa shape index (κ1) is 14.6. The summed E-state index contributed by atoms with van der Waals surface area (Å²) < 4.78 is 5.71. The number of aromatic amines is 1. The van der Waals surface area contributed by atoms with Gasteiger partial charge in [-0.25, -0.2) is 0 Å². The maximum atomic E-state index is 11.9. The van der Waals surface area contributed by atoms with E-state index in [1.165, 1.54) is 0 Å². The summed E-state index contributed by atoms with van der Waals surface area (Å²) in [6, 6.07) is 10.8. The SMILES string of the molecule is Cc1cc2cc(CNC(=O)c3ccc(Br)o3)ccc2[nH]c1=O. The fourth-order valence-electron chi connectivity index (χ4n) is 2.18. The molecule has 3 aromatic rings. The Morgan fingerprint density at radius 2 is 2.09 bits per heavy atom. The molecule has 0 saturated carbocycles. The van der Waals surface area contributed by atoms with Crippen molar-refractivity contribution >= 4 is 32.7 Å². The number of furan rings is 1. The van der Waals surface area contributed by atoms with E-state index in [1.807, 2.05) is 24.3 Å². The van der Waals surface area contributed by atoms with Crippen molar-refractivity contribution in [3.05, 3.63) is 68.3 Å². The molecule has 22 heavy (non-hydrogen) atoms. The zero-order chi connectivity index (χ0) is 15.7. The lowest BCUT2D eigenvalue weighted by Gasteiger charge is -2.06. The van der Waals surface area contributed by atoms with Crippen LogP contribution >= 0.6 is 15.9 Å². The van der Waals surface area contributed by atoms with Gasteiger partial charge in [0.2, 0.25) is 0 Å². The van der Waals surface area contributed by atoms with Crippen LogP contribution in [0, 0.1) is 6.92 Å². The molecule has 0 spiro atoms. The van der Waals surface area contributed by atoms with Crippen molar-refractivity contribution in [2.24, 2.45) is 0 Å². The van der Waals surface area contributed by atoms with Crippen LogP contribution in [0.15, 0.2) is 50.3 Å². The van der Waals surface area contributed by atoms with E-state index in [9.17, 15) is 9.59 Å². The Hall–Kier alpha value is -2.34. The maximum Gasteiger partial charge on any atom is 0.287 e. The number of fused-ring (bicyclic) bond motifs is 1. The number of rotatable bonds is 3. The number of nitrogens with one attached hydrogen (secondary N) is 2. The summed E-state index contributed by atoms with van der Waals surface area (Å²) in [5, 5.41) is 3.73. The third kappa shape index (κ3) is 2.96. The first-order chi connectivity index (χ1) is 10.5. The van der Waals surface area contributed by atoms with Gasteiger partial charge in [0.15, 0.2) is 10.4 Å². The van der Waals surface area contributed by atoms with E-state index in [0.717, 1.165) is 16.5 Å². The average molecular weight is 361 g/mol. The van der Waals surface area contributed by atoms with Crippen LogP contribution in [0.2, 0.25) is 0 Å². The average Bonchev–Trinajstić information content (AvgIpc) is 2.92. The predicted octanol–water partition coefficient (Wildman–Crippen LogP) is 3.12. The highest BCUT2D eigenvalue weighted by Gasteiger charge is 2.10. The lowest BCUT2D eigenvalue weighted by molar-refractivity contribution is 0.0922. The molecule has 2 heterocycles. The molecule has 6 heteroatoms. The van der Waals surface area contributed by atoms with E-state index in [0.29, 0.717) is 16.8 Å². The molecule has 0 aliphatic carbocycles. The number of carbonyl (C=O) groups excluding carboxylic acids is 1. The summed E-state index contributed by atoms with van der Waals surface area (Å²) >= 11 is 3.16. The van der Waals surface area contributed by atoms with Crippen molar-refractivity contribution in [1.82, 2.24) is 10.3 Å². The fourth-order valence-corrected chi connectivity index (χ4v) is 2.49. The van der Waals surface area contributed by atoms with Crippen molar-refractivity contribution in [2.75, 3.05) is 0 Å². The molecule has 0 fully saturated rings. The minimum atomic E-state index is -0.275. The topological polar surface area (TPSA) is 75.1 Å². The van der Waals surface area contributed by atoms with Gasteiger partial charge in [-0.05, 0) is 64.1 Å². The smallest absolute Gasteiger partial charge is 0.287 e. The Morgan fingerprint density at radius 3 is 2.82 bits per heavy atom. The van der Waals surface area contributed by atoms with E-state index < -0.39 is 0 Å². The van der Waals surface area contributed by atoms with Crippen LogP contribution in [0.3, 0.4) is 0 Å². The number of pyridine rings is 1. The van der Waals surface area contributed by atoms with Crippen LogP contribution in [0.4, 0.5) is 0 Å². The minimum Gasteiger partial charge on any atom is -0.444 e. The first-order valence-electron chi connectivity index (χ1n) is 6.69. The molecular formula is C16H13BrN2O3. The number of H-pyrrole nitrogens is 1. The maximum absolute atomic E-state index is 11.9. The van der Waals surface area contributed by atoms with Crippen molar-refractivity contribution in [2.45, 2.75) is 13.5 Å². The van der Waals surface area contributed by atoms with Crippen LogP contribution in [0.5, 0.6) is 0 Å². The molecule has 0 aliphatic heterocycles. The second-order valence-corrected chi connectivity index (χ2v) is 5.77. The lowest BCUT2D eigenvalue weighted by atomic mass is 10.1. The minimum absolute atomic E-state index is 0.0862. The molecule has 3 rings (SSSR count). The summed E-state index contributed by atoms with van der Waals surface area (Å²) in [4.78, 5) is 26.3. The molecule has 5 nitrogen and oxygen atoms in total. The molecule has 0 unspecified atom stereocenters. The molecule has 2 aromatic heterocycles.